The van der Waals surface area contributed by atoms with Crippen molar-refractivity contribution in [3.63, 3.8) is 0 Å². The minimum Gasteiger partial charge on any atom is -0.508 e. The van der Waals surface area contributed by atoms with E-state index in [1.54, 1.807) is 0 Å². The maximum atomic E-state index is 13.3. The van der Waals surface area contributed by atoms with E-state index in [-0.39, 0.29) is 17.5 Å². The normalized spacial score (nSPS) is 22.1. The molecule has 1 atom stereocenters. The molecule has 1 saturated heterocycles. The molecule has 70 valence electrons. The van der Waals surface area contributed by atoms with Crippen LogP contribution in [-0.2, 0) is 0 Å². The van der Waals surface area contributed by atoms with E-state index in [1.807, 2.05) is 0 Å². The van der Waals surface area contributed by atoms with E-state index < -0.39 is 0 Å². The van der Waals surface area contributed by atoms with Gasteiger partial charge in [-0.2, -0.15) is 0 Å². The predicted molar refractivity (Wildman–Crippen MR) is 48.3 cm³/mol. The Labute approximate surface area is 76.4 Å². The summed E-state index contributed by atoms with van der Waals surface area (Å²) in [5.74, 6) is 0.141. The molecule has 0 saturated carbocycles. The van der Waals surface area contributed by atoms with Crippen LogP contribution >= 0.6 is 0 Å². The minimum absolute atomic E-state index is 0.142. The number of aromatic hydroxyl groups is 1. The molecule has 13 heavy (non-hydrogen) atoms. The van der Waals surface area contributed by atoms with Crippen molar-refractivity contribution in [3.05, 3.63) is 29.6 Å². The molecule has 0 radical (unpaired) electrons. The van der Waals surface area contributed by atoms with Gasteiger partial charge in [0.2, 0.25) is 0 Å². The Morgan fingerprint density at radius 2 is 2.31 bits per heavy atom. The van der Waals surface area contributed by atoms with Crippen molar-refractivity contribution in [1.29, 1.82) is 0 Å². The van der Waals surface area contributed by atoms with Gasteiger partial charge in [-0.25, -0.2) is 4.39 Å². The van der Waals surface area contributed by atoms with Crippen LogP contribution in [0.25, 0.3) is 0 Å². The third-order valence-electron chi connectivity index (χ3n) is 2.48. The average Bonchev–Trinajstić information content (AvgIpc) is 2.61. The van der Waals surface area contributed by atoms with Gasteiger partial charge in [0.25, 0.3) is 0 Å². The standard InChI is InChI=1S/C10H12FNO/c11-10-2-1-8(13)5-9(10)7-3-4-12-6-7/h1-2,5,7,12-13H,3-4,6H2. The summed E-state index contributed by atoms with van der Waals surface area (Å²) in [7, 11) is 0. The fourth-order valence-electron chi connectivity index (χ4n) is 1.76. The van der Waals surface area contributed by atoms with E-state index in [9.17, 15) is 9.50 Å². The summed E-state index contributed by atoms with van der Waals surface area (Å²) in [6, 6.07) is 4.22. The van der Waals surface area contributed by atoms with Gasteiger partial charge in [0.05, 0.1) is 0 Å². The zero-order chi connectivity index (χ0) is 9.26. The molecule has 0 amide bonds. The number of hydrogen-bond donors (Lipinski definition) is 2. The molecular formula is C10H12FNO. The molecule has 0 aliphatic carbocycles. The van der Waals surface area contributed by atoms with Crippen molar-refractivity contribution < 1.29 is 9.50 Å². The highest BCUT2D eigenvalue weighted by Crippen LogP contribution is 2.27. The molecule has 1 fully saturated rings. The van der Waals surface area contributed by atoms with Crippen LogP contribution in [0.1, 0.15) is 17.9 Å². The molecule has 0 aromatic heterocycles. The second-order valence-electron chi connectivity index (χ2n) is 3.40. The van der Waals surface area contributed by atoms with Crippen molar-refractivity contribution in [3.8, 4) is 5.75 Å². The van der Waals surface area contributed by atoms with E-state index in [0.717, 1.165) is 19.5 Å². The summed E-state index contributed by atoms with van der Waals surface area (Å²) in [4.78, 5) is 0. The third-order valence-corrected chi connectivity index (χ3v) is 2.48. The summed E-state index contributed by atoms with van der Waals surface area (Å²) >= 11 is 0. The lowest BCUT2D eigenvalue weighted by Crippen LogP contribution is -2.08. The second-order valence-corrected chi connectivity index (χ2v) is 3.40. The molecule has 3 heteroatoms. The molecule has 0 bridgehead atoms. The lowest BCUT2D eigenvalue weighted by Gasteiger charge is -2.09. The maximum Gasteiger partial charge on any atom is 0.126 e. The molecule has 1 aliphatic rings. The van der Waals surface area contributed by atoms with Crippen molar-refractivity contribution >= 4 is 0 Å². The molecule has 1 aromatic carbocycles. The summed E-state index contributed by atoms with van der Waals surface area (Å²) in [6.07, 6.45) is 0.945. The van der Waals surface area contributed by atoms with Gasteiger partial charge in [-0.1, -0.05) is 0 Å². The Balaban J connectivity index is 2.32. The number of benzene rings is 1. The number of rotatable bonds is 1. The van der Waals surface area contributed by atoms with Crippen LogP contribution in [0.15, 0.2) is 18.2 Å². The fraction of sp³-hybridized carbons (Fsp3) is 0.400. The molecule has 2 rings (SSSR count). The zero-order valence-electron chi connectivity index (χ0n) is 7.26. The molecule has 1 unspecified atom stereocenters. The van der Waals surface area contributed by atoms with Gasteiger partial charge >= 0.3 is 0 Å². The zero-order valence-corrected chi connectivity index (χ0v) is 7.26. The average molecular weight is 181 g/mol. The van der Waals surface area contributed by atoms with Gasteiger partial charge in [-0.05, 0) is 36.7 Å². The van der Waals surface area contributed by atoms with Crippen molar-refractivity contribution in [2.75, 3.05) is 13.1 Å². The molecular weight excluding hydrogens is 169 g/mol. The van der Waals surface area contributed by atoms with Crippen molar-refractivity contribution in [2.45, 2.75) is 12.3 Å². The van der Waals surface area contributed by atoms with Crippen molar-refractivity contribution in [1.82, 2.24) is 5.32 Å². The summed E-state index contributed by atoms with van der Waals surface area (Å²) in [5, 5.41) is 12.4. The van der Waals surface area contributed by atoms with Crippen LogP contribution in [0.3, 0.4) is 0 Å². The number of nitrogens with one attached hydrogen (secondary N) is 1. The topological polar surface area (TPSA) is 32.3 Å². The second kappa shape index (κ2) is 3.34. The van der Waals surface area contributed by atoms with Gasteiger partial charge in [-0.15, -0.1) is 0 Å². The van der Waals surface area contributed by atoms with Gasteiger partial charge in [0.15, 0.2) is 0 Å². The van der Waals surface area contributed by atoms with E-state index >= 15 is 0 Å². The van der Waals surface area contributed by atoms with Gasteiger partial charge < -0.3 is 10.4 Å². The highest BCUT2D eigenvalue weighted by Gasteiger charge is 2.19. The maximum absolute atomic E-state index is 13.3. The lowest BCUT2D eigenvalue weighted by molar-refractivity contribution is 0.469. The third kappa shape index (κ3) is 1.65. The highest BCUT2D eigenvalue weighted by molar-refractivity contribution is 5.31. The SMILES string of the molecule is Oc1ccc(F)c(C2CCNC2)c1. The van der Waals surface area contributed by atoms with E-state index in [1.165, 1.54) is 18.2 Å². The van der Waals surface area contributed by atoms with Gasteiger partial charge in [0.1, 0.15) is 11.6 Å². The molecule has 1 aliphatic heterocycles. The first-order valence-electron chi connectivity index (χ1n) is 4.46. The first kappa shape index (κ1) is 8.51. The van der Waals surface area contributed by atoms with Gasteiger partial charge in [-0.3, -0.25) is 0 Å². The van der Waals surface area contributed by atoms with Crippen LogP contribution in [-0.4, -0.2) is 18.2 Å². The quantitative estimate of drug-likeness (QED) is 0.689. The fourth-order valence-corrected chi connectivity index (χ4v) is 1.76. The van der Waals surface area contributed by atoms with Crippen LogP contribution in [0, 0.1) is 5.82 Å². The van der Waals surface area contributed by atoms with E-state index in [0.29, 0.717) is 5.56 Å². The summed E-state index contributed by atoms with van der Waals surface area (Å²) in [5.41, 5.74) is 0.630. The first-order valence-corrected chi connectivity index (χ1v) is 4.46. The van der Waals surface area contributed by atoms with Crippen molar-refractivity contribution in [2.24, 2.45) is 0 Å². The summed E-state index contributed by atoms with van der Waals surface area (Å²) < 4.78 is 13.3. The smallest absolute Gasteiger partial charge is 0.126 e. The van der Waals surface area contributed by atoms with Crippen LogP contribution in [0.5, 0.6) is 5.75 Å². The number of halogens is 1. The highest BCUT2D eigenvalue weighted by atomic mass is 19.1. The van der Waals surface area contributed by atoms with Crippen LogP contribution in [0.2, 0.25) is 0 Å². The molecule has 0 spiro atoms. The Bertz CT molecular complexity index is 308. The van der Waals surface area contributed by atoms with Crippen LogP contribution < -0.4 is 5.32 Å². The largest absolute Gasteiger partial charge is 0.508 e. The van der Waals surface area contributed by atoms with E-state index in [2.05, 4.69) is 5.32 Å². The Hall–Kier alpha value is -1.09. The molecule has 2 nitrogen and oxygen atoms in total. The Morgan fingerprint density at radius 3 is 3.00 bits per heavy atom. The first-order chi connectivity index (χ1) is 6.27. The van der Waals surface area contributed by atoms with Crippen LogP contribution in [0.4, 0.5) is 4.39 Å². The predicted octanol–water partition coefficient (Wildman–Crippen LogP) is 1.61. The minimum atomic E-state index is -0.216. The number of hydrogen-bond acceptors (Lipinski definition) is 2. The Morgan fingerprint density at radius 1 is 1.46 bits per heavy atom. The molecule has 1 heterocycles. The Kier molecular flexibility index (Phi) is 2.19. The van der Waals surface area contributed by atoms with Gasteiger partial charge in [0, 0.05) is 12.5 Å². The summed E-state index contributed by atoms with van der Waals surface area (Å²) in [6.45, 7) is 1.74. The molecule has 2 N–H and O–H groups in total. The number of phenols is 1. The molecule has 1 aromatic rings. The number of phenolic OH excluding ortho intramolecular Hbond substituents is 1. The van der Waals surface area contributed by atoms with E-state index in [4.69, 9.17) is 0 Å². The lowest BCUT2D eigenvalue weighted by atomic mass is 9.98. The monoisotopic (exact) mass is 181 g/mol.